The van der Waals surface area contributed by atoms with Crippen LogP contribution < -0.4 is 4.74 Å². The number of aliphatic carboxylic acids is 1. The van der Waals surface area contributed by atoms with Gasteiger partial charge in [0.15, 0.2) is 0 Å². The Morgan fingerprint density at radius 1 is 1.25 bits per heavy atom. The number of carbonyl (C=O) groups is 1. The van der Waals surface area contributed by atoms with E-state index in [2.05, 4.69) is 10.1 Å². The molecule has 3 aromatic rings. The van der Waals surface area contributed by atoms with Crippen LogP contribution >= 0.6 is 0 Å². The zero-order valence-corrected chi connectivity index (χ0v) is 13.2. The van der Waals surface area contributed by atoms with Crippen molar-refractivity contribution in [2.45, 2.75) is 12.8 Å². The molecule has 1 aromatic carbocycles. The number of rotatable bonds is 6. The van der Waals surface area contributed by atoms with E-state index in [9.17, 15) is 4.79 Å². The molecule has 0 atom stereocenters. The van der Waals surface area contributed by atoms with Gasteiger partial charge in [0.05, 0.1) is 30.6 Å². The number of benzene rings is 1. The summed E-state index contributed by atoms with van der Waals surface area (Å²) in [6, 6.07) is 13.3. The summed E-state index contributed by atoms with van der Waals surface area (Å²) in [5.74, 6) is -0.0724. The Morgan fingerprint density at radius 3 is 2.67 bits per heavy atom. The van der Waals surface area contributed by atoms with Crippen molar-refractivity contribution in [3.8, 4) is 22.7 Å². The normalized spacial score (nSPS) is 10.5. The Kier molecular flexibility index (Phi) is 4.56. The van der Waals surface area contributed by atoms with Crippen molar-refractivity contribution in [1.29, 1.82) is 0 Å². The molecule has 0 amide bonds. The lowest BCUT2D eigenvalue weighted by atomic mass is 10.1. The quantitative estimate of drug-likeness (QED) is 0.754. The molecule has 0 unspecified atom stereocenters. The first kappa shape index (κ1) is 15.7. The summed E-state index contributed by atoms with van der Waals surface area (Å²) in [5.41, 5.74) is 3.39. The van der Waals surface area contributed by atoms with Gasteiger partial charge < -0.3 is 9.84 Å². The molecule has 1 N–H and O–H groups in total. The summed E-state index contributed by atoms with van der Waals surface area (Å²) in [7, 11) is 1.62. The minimum Gasteiger partial charge on any atom is -0.497 e. The number of hydrogen-bond donors (Lipinski definition) is 1. The summed E-state index contributed by atoms with van der Waals surface area (Å²) in [5, 5.41) is 13.5. The standard InChI is InChI=1S/C18H17N3O3/c1-24-16-7-5-15(6-8-16)21-17(13-3-2-10-19-12-13)11-14(20-21)4-9-18(22)23/h2-3,5-8,10-12H,4,9H2,1H3,(H,22,23). The molecule has 6 nitrogen and oxygen atoms in total. The van der Waals surface area contributed by atoms with Gasteiger partial charge in [0, 0.05) is 24.4 Å². The summed E-state index contributed by atoms with van der Waals surface area (Å²) in [6.07, 6.45) is 3.90. The van der Waals surface area contributed by atoms with Gasteiger partial charge in [-0.3, -0.25) is 9.78 Å². The SMILES string of the molecule is COc1ccc(-n2nc(CCC(=O)O)cc2-c2cccnc2)cc1. The van der Waals surface area contributed by atoms with Crippen LogP contribution in [0, 0.1) is 0 Å². The van der Waals surface area contributed by atoms with Gasteiger partial charge in [0.1, 0.15) is 5.75 Å². The molecule has 0 aliphatic heterocycles. The fourth-order valence-electron chi connectivity index (χ4n) is 2.43. The minimum atomic E-state index is -0.836. The van der Waals surface area contributed by atoms with E-state index in [4.69, 9.17) is 9.84 Å². The number of methoxy groups -OCH3 is 1. The number of carboxylic acid groups (broad SMARTS) is 1. The predicted molar refractivity (Wildman–Crippen MR) is 89.3 cm³/mol. The maximum Gasteiger partial charge on any atom is 0.303 e. The van der Waals surface area contributed by atoms with E-state index in [0.717, 1.165) is 28.4 Å². The zero-order valence-electron chi connectivity index (χ0n) is 13.2. The fraction of sp³-hybridized carbons (Fsp3) is 0.167. The van der Waals surface area contributed by atoms with E-state index < -0.39 is 5.97 Å². The third kappa shape index (κ3) is 3.43. The average Bonchev–Trinajstić information content (AvgIpc) is 3.05. The summed E-state index contributed by atoms with van der Waals surface area (Å²) < 4.78 is 6.98. The van der Waals surface area contributed by atoms with Crippen LogP contribution in [0.5, 0.6) is 5.75 Å². The molecular weight excluding hydrogens is 306 g/mol. The molecule has 24 heavy (non-hydrogen) atoms. The van der Waals surface area contributed by atoms with E-state index in [1.807, 2.05) is 42.5 Å². The molecule has 0 radical (unpaired) electrons. The fourth-order valence-corrected chi connectivity index (χ4v) is 2.43. The predicted octanol–water partition coefficient (Wildman–Crippen LogP) is 2.96. The second kappa shape index (κ2) is 6.95. The van der Waals surface area contributed by atoms with Crippen LogP contribution in [0.3, 0.4) is 0 Å². The first-order valence-electron chi connectivity index (χ1n) is 7.53. The maximum absolute atomic E-state index is 10.8. The lowest BCUT2D eigenvalue weighted by Crippen LogP contribution is -2.01. The van der Waals surface area contributed by atoms with Crippen LogP contribution in [0.1, 0.15) is 12.1 Å². The highest BCUT2D eigenvalue weighted by molar-refractivity contribution is 5.67. The molecule has 2 aromatic heterocycles. The Hall–Kier alpha value is -3.15. The lowest BCUT2D eigenvalue weighted by molar-refractivity contribution is -0.136. The van der Waals surface area contributed by atoms with E-state index in [1.165, 1.54) is 0 Å². The molecule has 0 bridgehead atoms. The van der Waals surface area contributed by atoms with Gasteiger partial charge in [-0.2, -0.15) is 5.10 Å². The zero-order chi connectivity index (χ0) is 16.9. The number of hydrogen-bond acceptors (Lipinski definition) is 4. The number of aryl methyl sites for hydroxylation is 1. The van der Waals surface area contributed by atoms with Crippen LogP contribution in [-0.2, 0) is 11.2 Å². The van der Waals surface area contributed by atoms with Crippen molar-refractivity contribution in [2.75, 3.05) is 7.11 Å². The summed E-state index contributed by atoms with van der Waals surface area (Å²) >= 11 is 0. The topological polar surface area (TPSA) is 77.2 Å². The van der Waals surface area contributed by atoms with E-state index in [-0.39, 0.29) is 6.42 Å². The van der Waals surface area contributed by atoms with E-state index in [1.54, 1.807) is 24.2 Å². The highest BCUT2D eigenvalue weighted by Crippen LogP contribution is 2.25. The van der Waals surface area contributed by atoms with Crippen molar-refractivity contribution in [3.63, 3.8) is 0 Å². The molecule has 6 heteroatoms. The van der Waals surface area contributed by atoms with Crippen molar-refractivity contribution >= 4 is 5.97 Å². The number of ether oxygens (including phenoxy) is 1. The maximum atomic E-state index is 10.8. The van der Waals surface area contributed by atoms with Crippen LogP contribution in [-0.4, -0.2) is 33.0 Å². The summed E-state index contributed by atoms with van der Waals surface area (Å²) in [6.45, 7) is 0. The van der Waals surface area contributed by atoms with Crippen molar-refractivity contribution < 1.29 is 14.6 Å². The van der Waals surface area contributed by atoms with Gasteiger partial charge in [0.25, 0.3) is 0 Å². The highest BCUT2D eigenvalue weighted by atomic mass is 16.5. The molecule has 0 saturated heterocycles. The third-order valence-electron chi connectivity index (χ3n) is 3.63. The highest BCUT2D eigenvalue weighted by Gasteiger charge is 2.13. The van der Waals surface area contributed by atoms with Gasteiger partial charge in [-0.15, -0.1) is 0 Å². The molecule has 2 heterocycles. The molecule has 0 saturated carbocycles. The van der Waals surface area contributed by atoms with Gasteiger partial charge in [-0.05, 0) is 42.5 Å². The molecular formula is C18H17N3O3. The first-order valence-corrected chi connectivity index (χ1v) is 7.53. The number of pyridine rings is 1. The van der Waals surface area contributed by atoms with Gasteiger partial charge in [-0.25, -0.2) is 4.68 Å². The van der Waals surface area contributed by atoms with E-state index in [0.29, 0.717) is 6.42 Å². The number of nitrogens with zero attached hydrogens (tertiary/aromatic N) is 3. The van der Waals surface area contributed by atoms with Gasteiger partial charge in [-0.1, -0.05) is 0 Å². The smallest absolute Gasteiger partial charge is 0.303 e. The molecule has 3 rings (SSSR count). The van der Waals surface area contributed by atoms with Gasteiger partial charge in [0.2, 0.25) is 0 Å². The number of carboxylic acids is 1. The van der Waals surface area contributed by atoms with Crippen molar-refractivity contribution in [2.24, 2.45) is 0 Å². The molecule has 0 aliphatic carbocycles. The Labute approximate surface area is 139 Å². The third-order valence-corrected chi connectivity index (χ3v) is 3.63. The lowest BCUT2D eigenvalue weighted by Gasteiger charge is -2.08. The van der Waals surface area contributed by atoms with Crippen LogP contribution in [0.25, 0.3) is 16.9 Å². The van der Waals surface area contributed by atoms with Gasteiger partial charge >= 0.3 is 5.97 Å². The molecule has 0 spiro atoms. The molecule has 122 valence electrons. The monoisotopic (exact) mass is 323 g/mol. The molecule has 0 aliphatic rings. The Balaban J connectivity index is 2.03. The Morgan fingerprint density at radius 2 is 2.04 bits per heavy atom. The van der Waals surface area contributed by atoms with Crippen molar-refractivity contribution in [1.82, 2.24) is 14.8 Å². The second-order valence-corrected chi connectivity index (χ2v) is 5.27. The Bertz CT molecular complexity index is 826. The summed E-state index contributed by atoms with van der Waals surface area (Å²) in [4.78, 5) is 15.0. The van der Waals surface area contributed by atoms with Crippen LogP contribution in [0.2, 0.25) is 0 Å². The second-order valence-electron chi connectivity index (χ2n) is 5.27. The average molecular weight is 323 g/mol. The first-order chi connectivity index (χ1) is 11.7. The van der Waals surface area contributed by atoms with Crippen LogP contribution in [0.4, 0.5) is 0 Å². The van der Waals surface area contributed by atoms with Crippen molar-refractivity contribution in [3.05, 3.63) is 60.6 Å². The van der Waals surface area contributed by atoms with Crippen LogP contribution in [0.15, 0.2) is 54.9 Å². The largest absolute Gasteiger partial charge is 0.497 e. The minimum absolute atomic E-state index is 0.0477. The number of aromatic nitrogens is 3. The molecule has 0 fully saturated rings. The van der Waals surface area contributed by atoms with E-state index >= 15 is 0 Å².